The van der Waals surface area contributed by atoms with E-state index in [-0.39, 0.29) is 11.6 Å². The van der Waals surface area contributed by atoms with Gasteiger partial charge >= 0.3 is 5.97 Å². The second-order valence-corrected chi connectivity index (χ2v) is 9.26. The van der Waals surface area contributed by atoms with Crippen molar-refractivity contribution in [3.63, 3.8) is 0 Å². The van der Waals surface area contributed by atoms with Crippen LogP contribution in [0.4, 0.5) is 5.69 Å². The first kappa shape index (κ1) is 25.8. The molecule has 1 atom stereocenters. The Balaban J connectivity index is 1.93. The van der Waals surface area contributed by atoms with Crippen LogP contribution >= 0.6 is 0 Å². The molecule has 1 aromatic carbocycles. The van der Waals surface area contributed by atoms with Crippen molar-refractivity contribution < 1.29 is 19.1 Å². The van der Waals surface area contributed by atoms with Gasteiger partial charge in [-0.1, -0.05) is 6.92 Å². The van der Waals surface area contributed by atoms with Crippen molar-refractivity contribution in [2.75, 3.05) is 12.4 Å². The van der Waals surface area contributed by atoms with Crippen molar-refractivity contribution >= 4 is 17.6 Å². The third-order valence-electron chi connectivity index (χ3n) is 5.30. The van der Waals surface area contributed by atoms with Gasteiger partial charge in [0.2, 0.25) is 0 Å². The maximum Gasteiger partial charge on any atom is 0.355 e. The van der Waals surface area contributed by atoms with Gasteiger partial charge in [-0.05, 0) is 70.9 Å². The molecule has 10 heteroatoms. The van der Waals surface area contributed by atoms with Gasteiger partial charge in [0.1, 0.15) is 22.9 Å². The zero-order valence-electron chi connectivity index (χ0n) is 21.3. The van der Waals surface area contributed by atoms with Gasteiger partial charge in [0.05, 0.1) is 25.3 Å². The van der Waals surface area contributed by atoms with E-state index < -0.39 is 17.6 Å². The molecule has 0 fully saturated rings. The summed E-state index contributed by atoms with van der Waals surface area (Å²) in [6.07, 6.45) is 0.464. The van der Waals surface area contributed by atoms with E-state index in [4.69, 9.17) is 9.47 Å². The van der Waals surface area contributed by atoms with E-state index in [0.29, 0.717) is 41.4 Å². The molecule has 3 aromatic rings. The van der Waals surface area contributed by atoms with Crippen molar-refractivity contribution in [2.45, 2.75) is 66.2 Å². The lowest BCUT2D eigenvalue weighted by molar-refractivity contribution is 0.00622. The number of hydrogen-bond donors (Lipinski definition) is 4. The van der Waals surface area contributed by atoms with Crippen molar-refractivity contribution in [2.24, 2.45) is 0 Å². The summed E-state index contributed by atoms with van der Waals surface area (Å²) in [5, 5.41) is 14.3. The van der Waals surface area contributed by atoms with Crippen LogP contribution in [0.3, 0.4) is 0 Å². The number of esters is 1. The molecule has 2 heterocycles. The van der Waals surface area contributed by atoms with Crippen LogP contribution in [0.1, 0.15) is 84.4 Å². The van der Waals surface area contributed by atoms with Crippen LogP contribution in [-0.4, -0.2) is 44.8 Å². The molecule has 3 rings (SSSR count). The number of aryl methyl sites for hydroxylation is 1. The Kier molecular flexibility index (Phi) is 7.83. The molecule has 0 aliphatic heterocycles. The van der Waals surface area contributed by atoms with Gasteiger partial charge in [-0.15, -0.1) is 10.2 Å². The summed E-state index contributed by atoms with van der Waals surface area (Å²) in [4.78, 5) is 32.6. The Bertz CT molecular complexity index is 1170. The zero-order valence-corrected chi connectivity index (χ0v) is 21.3. The molecule has 0 saturated heterocycles. The number of aromatic nitrogens is 4. The SMILES string of the molecule is CCc1c(C(=O)OC(C)(C)C)[nH]c(CNc2ccc(OC)cc2)c1C(=O)NC(C)c1nnc(C)[nH]1. The number of amides is 1. The molecule has 1 unspecified atom stereocenters. The fourth-order valence-corrected chi connectivity index (χ4v) is 3.66. The highest BCUT2D eigenvalue weighted by molar-refractivity contribution is 6.01. The van der Waals surface area contributed by atoms with E-state index >= 15 is 0 Å². The van der Waals surface area contributed by atoms with Gasteiger partial charge in [0, 0.05) is 11.4 Å². The van der Waals surface area contributed by atoms with Gasteiger partial charge < -0.3 is 30.1 Å². The molecule has 188 valence electrons. The third-order valence-corrected chi connectivity index (χ3v) is 5.30. The van der Waals surface area contributed by atoms with Crippen LogP contribution in [0.5, 0.6) is 5.75 Å². The molecule has 0 aliphatic rings. The van der Waals surface area contributed by atoms with Gasteiger partial charge in [-0.2, -0.15) is 0 Å². The van der Waals surface area contributed by atoms with Crippen molar-refractivity contribution in [3.8, 4) is 5.75 Å². The van der Waals surface area contributed by atoms with Crippen LogP contribution < -0.4 is 15.4 Å². The van der Waals surface area contributed by atoms with Crippen molar-refractivity contribution in [1.29, 1.82) is 0 Å². The minimum atomic E-state index is -0.671. The Hall–Kier alpha value is -3.82. The predicted octanol–water partition coefficient (Wildman–Crippen LogP) is 4.07. The molecule has 0 aliphatic carbocycles. The van der Waals surface area contributed by atoms with Crippen LogP contribution in [-0.2, 0) is 17.7 Å². The fourth-order valence-electron chi connectivity index (χ4n) is 3.66. The number of nitrogens with zero attached hydrogens (tertiary/aromatic N) is 2. The van der Waals surface area contributed by atoms with Crippen LogP contribution in [0, 0.1) is 6.92 Å². The van der Waals surface area contributed by atoms with Crippen LogP contribution in [0.15, 0.2) is 24.3 Å². The molecular formula is C25H34N6O4. The highest BCUT2D eigenvalue weighted by Gasteiger charge is 2.29. The summed E-state index contributed by atoms with van der Waals surface area (Å²) in [5.41, 5.74) is 2.05. The number of benzene rings is 1. The van der Waals surface area contributed by atoms with E-state index in [1.807, 2.05) is 38.1 Å². The number of rotatable bonds is 9. The molecular weight excluding hydrogens is 448 g/mol. The molecule has 0 bridgehead atoms. The zero-order chi connectivity index (χ0) is 25.8. The number of carbonyl (C=O) groups is 2. The molecule has 1 amide bonds. The smallest absolute Gasteiger partial charge is 0.355 e. The number of carbonyl (C=O) groups excluding carboxylic acids is 2. The first-order valence-electron chi connectivity index (χ1n) is 11.6. The van der Waals surface area contributed by atoms with E-state index in [2.05, 4.69) is 30.8 Å². The second-order valence-electron chi connectivity index (χ2n) is 9.26. The average molecular weight is 483 g/mol. The number of ether oxygens (including phenoxy) is 2. The summed E-state index contributed by atoms with van der Waals surface area (Å²) in [6, 6.07) is 7.04. The molecule has 0 radical (unpaired) electrons. The third kappa shape index (κ3) is 6.40. The first-order chi connectivity index (χ1) is 16.5. The minimum absolute atomic E-state index is 0.280. The summed E-state index contributed by atoms with van der Waals surface area (Å²) >= 11 is 0. The Morgan fingerprint density at radius 2 is 1.80 bits per heavy atom. The maximum absolute atomic E-state index is 13.5. The lowest BCUT2D eigenvalue weighted by Gasteiger charge is -2.19. The van der Waals surface area contributed by atoms with Crippen molar-refractivity contribution in [1.82, 2.24) is 25.5 Å². The highest BCUT2D eigenvalue weighted by Crippen LogP contribution is 2.25. The van der Waals surface area contributed by atoms with E-state index in [9.17, 15) is 9.59 Å². The minimum Gasteiger partial charge on any atom is -0.497 e. The lowest BCUT2D eigenvalue weighted by Crippen LogP contribution is -2.29. The van der Waals surface area contributed by atoms with E-state index in [1.54, 1.807) is 34.8 Å². The van der Waals surface area contributed by atoms with Gasteiger partial charge in [0.15, 0.2) is 5.82 Å². The molecule has 0 spiro atoms. The molecule has 10 nitrogen and oxygen atoms in total. The number of hydrogen-bond acceptors (Lipinski definition) is 7. The summed E-state index contributed by atoms with van der Waals surface area (Å²) in [7, 11) is 1.61. The summed E-state index contributed by atoms with van der Waals surface area (Å²) < 4.78 is 10.8. The topological polar surface area (TPSA) is 134 Å². The van der Waals surface area contributed by atoms with Gasteiger partial charge in [0.25, 0.3) is 5.91 Å². The van der Waals surface area contributed by atoms with Gasteiger partial charge in [-0.25, -0.2) is 4.79 Å². The average Bonchev–Trinajstić information content (AvgIpc) is 3.40. The normalized spacial score (nSPS) is 12.2. The molecule has 0 saturated carbocycles. The predicted molar refractivity (Wildman–Crippen MR) is 133 cm³/mol. The molecule has 35 heavy (non-hydrogen) atoms. The number of anilines is 1. The number of H-pyrrole nitrogens is 2. The first-order valence-corrected chi connectivity index (χ1v) is 11.6. The largest absolute Gasteiger partial charge is 0.497 e. The highest BCUT2D eigenvalue weighted by atomic mass is 16.6. The number of aromatic amines is 2. The molecule has 2 aromatic heterocycles. The number of methoxy groups -OCH3 is 1. The van der Waals surface area contributed by atoms with E-state index in [1.165, 1.54) is 0 Å². The van der Waals surface area contributed by atoms with Crippen LogP contribution in [0.2, 0.25) is 0 Å². The maximum atomic E-state index is 13.5. The van der Waals surface area contributed by atoms with Crippen molar-refractivity contribution in [3.05, 3.63) is 58.4 Å². The van der Waals surface area contributed by atoms with Crippen LogP contribution in [0.25, 0.3) is 0 Å². The Morgan fingerprint density at radius 3 is 2.34 bits per heavy atom. The number of nitrogens with one attached hydrogen (secondary N) is 4. The quantitative estimate of drug-likeness (QED) is 0.338. The Labute approximate surface area is 205 Å². The fraction of sp³-hybridized carbons (Fsp3) is 0.440. The standard InChI is InChI=1S/C25H34N6O4/c1-8-18-20(23(32)27-14(2)22-28-15(3)30-31-22)19(29-21(18)24(33)35-25(4,5)6)13-26-16-9-11-17(34-7)12-10-16/h9-12,14,26,29H,8,13H2,1-7H3,(H,27,32)(H,28,30,31). The van der Waals surface area contributed by atoms with Gasteiger partial charge in [-0.3, -0.25) is 4.79 Å². The summed E-state index contributed by atoms with van der Waals surface area (Å²) in [5.74, 6) is 1.13. The second kappa shape index (κ2) is 10.6. The lowest BCUT2D eigenvalue weighted by atomic mass is 10.0. The Morgan fingerprint density at radius 1 is 1.11 bits per heavy atom. The monoisotopic (exact) mass is 482 g/mol. The van der Waals surface area contributed by atoms with E-state index in [0.717, 1.165) is 11.4 Å². The molecule has 4 N–H and O–H groups in total. The summed E-state index contributed by atoms with van der Waals surface area (Å²) in [6.45, 7) is 11.2.